The number of nitrogens with zero attached hydrogens (tertiary/aromatic N) is 1. The van der Waals surface area contributed by atoms with Crippen molar-refractivity contribution in [1.29, 1.82) is 0 Å². The first-order valence-corrected chi connectivity index (χ1v) is 6.78. The summed E-state index contributed by atoms with van der Waals surface area (Å²) in [5.41, 5.74) is 7.34. The highest BCUT2D eigenvalue weighted by molar-refractivity contribution is 5.47. The fourth-order valence-corrected chi connectivity index (χ4v) is 2.15. The summed E-state index contributed by atoms with van der Waals surface area (Å²) < 4.78 is 5.12. The Kier molecular flexibility index (Phi) is 6.84. The first-order chi connectivity index (χ1) is 9.04. The van der Waals surface area contributed by atoms with E-state index < -0.39 is 6.10 Å². The van der Waals surface area contributed by atoms with Gasteiger partial charge < -0.3 is 15.6 Å². The lowest BCUT2D eigenvalue weighted by Crippen LogP contribution is -2.34. The molecule has 0 aromatic heterocycles. The van der Waals surface area contributed by atoms with Gasteiger partial charge >= 0.3 is 0 Å². The van der Waals surface area contributed by atoms with E-state index in [1.54, 1.807) is 7.11 Å². The van der Waals surface area contributed by atoms with Crippen molar-refractivity contribution < 1.29 is 9.84 Å². The van der Waals surface area contributed by atoms with E-state index in [9.17, 15) is 5.11 Å². The first-order valence-electron chi connectivity index (χ1n) is 6.78. The molecule has 0 aliphatic heterocycles. The van der Waals surface area contributed by atoms with E-state index in [1.165, 1.54) is 0 Å². The van der Waals surface area contributed by atoms with E-state index in [0.717, 1.165) is 18.7 Å². The van der Waals surface area contributed by atoms with Crippen LogP contribution in [0.15, 0.2) is 24.3 Å². The lowest BCUT2D eigenvalue weighted by atomic mass is 10.1. The first kappa shape index (κ1) is 16.0. The predicted molar refractivity (Wildman–Crippen MR) is 79.0 cm³/mol. The monoisotopic (exact) mass is 266 g/mol. The van der Waals surface area contributed by atoms with E-state index in [1.807, 2.05) is 24.3 Å². The van der Waals surface area contributed by atoms with Gasteiger partial charge in [0.2, 0.25) is 0 Å². The molecule has 1 aromatic rings. The summed E-state index contributed by atoms with van der Waals surface area (Å²) in [5.74, 6) is 0.553. The highest BCUT2D eigenvalue weighted by Gasteiger charge is 2.16. The van der Waals surface area contributed by atoms with Crippen LogP contribution < -0.4 is 5.73 Å². The maximum absolute atomic E-state index is 10.3. The molecule has 0 amide bonds. The smallest absolute Gasteiger partial charge is 0.0936 e. The second-order valence-corrected chi connectivity index (χ2v) is 5.29. The fourth-order valence-electron chi connectivity index (χ4n) is 2.15. The summed E-state index contributed by atoms with van der Waals surface area (Å²) in [4.78, 5) is 2.21. The number of benzene rings is 1. The largest absolute Gasteiger partial charge is 0.398 e. The third-order valence-corrected chi connectivity index (χ3v) is 3.02. The van der Waals surface area contributed by atoms with Crippen molar-refractivity contribution >= 4 is 5.69 Å². The summed E-state index contributed by atoms with van der Waals surface area (Å²) in [6, 6.07) is 7.48. The lowest BCUT2D eigenvalue weighted by molar-refractivity contribution is 0.0828. The molecule has 0 fully saturated rings. The maximum atomic E-state index is 10.3. The summed E-state index contributed by atoms with van der Waals surface area (Å²) in [5, 5.41) is 10.3. The molecule has 0 bridgehead atoms. The fraction of sp³-hybridized carbons (Fsp3) is 0.600. The number of nitrogen functional groups attached to an aromatic ring is 1. The Morgan fingerprint density at radius 1 is 1.26 bits per heavy atom. The summed E-state index contributed by atoms with van der Waals surface area (Å²) in [7, 11) is 1.69. The standard InChI is InChI=1S/C15H26N2O2/c1-12(2)10-17(8-9-19-3)11-15(18)13-6-4-5-7-14(13)16/h4-7,12,15,18H,8-11,16H2,1-3H3. The van der Waals surface area contributed by atoms with Crippen LogP contribution >= 0.6 is 0 Å². The number of rotatable bonds is 8. The molecule has 1 atom stereocenters. The number of hydrogen-bond acceptors (Lipinski definition) is 4. The summed E-state index contributed by atoms with van der Waals surface area (Å²) in [6.45, 7) is 7.34. The van der Waals surface area contributed by atoms with Crippen molar-refractivity contribution in [3.8, 4) is 0 Å². The van der Waals surface area contributed by atoms with Crippen LogP contribution in [0.3, 0.4) is 0 Å². The molecular weight excluding hydrogens is 240 g/mol. The number of methoxy groups -OCH3 is 1. The minimum atomic E-state index is -0.559. The van der Waals surface area contributed by atoms with Crippen molar-refractivity contribution in [2.45, 2.75) is 20.0 Å². The quantitative estimate of drug-likeness (QED) is 0.706. The molecule has 1 unspecified atom stereocenters. The van der Waals surface area contributed by atoms with Crippen molar-refractivity contribution in [2.75, 3.05) is 39.1 Å². The van der Waals surface area contributed by atoms with Crippen LogP contribution in [0.5, 0.6) is 0 Å². The third-order valence-electron chi connectivity index (χ3n) is 3.02. The summed E-state index contributed by atoms with van der Waals surface area (Å²) in [6.07, 6.45) is -0.559. The molecule has 0 saturated carbocycles. The molecule has 0 aliphatic rings. The lowest BCUT2D eigenvalue weighted by Gasteiger charge is -2.27. The second-order valence-electron chi connectivity index (χ2n) is 5.29. The predicted octanol–water partition coefficient (Wildman–Crippen LogP) is 1.91. The van der Waals surface area contributed by atoms with Gasteiger partial charge in [-0.15, -0.1) is 0 Å². The van der Waals surface area contributed by atoms with E-state index in [-0.39, 0.29) is 0 Å². The van der Waals surface area contributed by atoms with Gasteiger partial charge in [-0.1, -0.05) is 32.0 Å². The molecule has 1 rings (SSSR count). The number of hydrogen-bond donors (Lipinski definition) is 2. The average molecular weight is 266 g/mol. The molecule has 0 saturated heterocycles. The Labute approximate surface area is 116 Å². The number of para-hydroxylation sites is 1. The zero-order chi connectivity index (χ0) is 14.3. The third kappa shape index (κ3) is 5.59. The van der Waals surface area contributed by atoms with E-state index in [0.29, 0.717) is 24.8 Å². The number of aliphatic hydroxyl groups is 1. The Hall–Kier alpha value is -1.10. The Morgan fingerprint density at radius 3 is 2.53 bits per heavy atom. The van der Waals surface area contributed by atoms with Gasteiger partial charge in [0.1, 0.15) is 0 Å². The Balaban J connectivity index is 2.64. The molecule has 4 heteroatoms. The van der Waals surface area contributed by atoms with E-state index >= 15 is 0 Å². The van der Waals surface area contributed by atoms with Crippen LogP contribution in [0.25, 0.3) is 0 Å². The number of ether oxygens (including phenoxy) is 1. The van der Waals surface area contributed by atoms with Gasteiger partial charge in [0.05, 0.1) is 12.7 Å². The van der Waals surface area contributed by atoms with Crippen LogP contribution in [0.2, 0.25) is 0 Å². The van der Waals surface area contributed by atoms with Crippen LogP contribution in [-0.4, -0.2) is 43.4 Å². The van der Waals surface area contributed by atoms with Crippen LogP contribution in [0.1, 0.15) is 25.5 Å². The Bertz CT molecular complexity index is 369. The summed E-state index contributed by atoms with van der Waals surface area (Å²) >= 11 is 0. The second kappa shape index (κ2) is 8.15. The maximum Gasteiger partial charge on any atom is 0.0936 e. The average Bonchev–Trinajstić information content (AvgIpc) is 2.35. The Morgan fingerprint density at radius 2 is 1.95 bits per heavy atom. The SMILES string of the molecule is COCCN(CC(C)C)CC(O)c1ccccc1N. The van der Waals surface area contributed by atoms with Gasteiger partial charge in [-0.25, -0.2) is 0 Å². The minimum absolute atomic E-state index is 0.553. The van der Waals surface area contributed by atoms with Gasteiger partial charge in [0.25, 0.3) is 0 Å². The topological polar surface area (TPSA) is 58.7 Å². The molecule has 19 heavy (non-hydrogen) atoms. The van der Waals surface area contributed by atoms with Crippen molar-refractivity contribution in [3.05, 3.63) is 29.8 Å². The normalized spacial score (nSPS) is 13.2. The number of anilines is 1. The van der Waals surface area contributed by atoms with Gasteiger partial charge in [0.15, 0.2) is 0 Å². The molecular formula is C15H26N2O2. The van der Waals surface area contributed by atoms with Crippen molar-refractivity contribution in [1.82, 2.24) is 4.90 Å². The molecule has 0 spiro atoms. The zero-order valence-electron chi connectivity index (χ0n) is 12.2. The van der Waals surface area contributed by atoms with Gasteiger partial charge in [-0.2, -0.15) is 0 Å². The molecule has 4 nitrogen and oxygen atoms in total. The molecule has 3 N–H and O–H groups in total. The highest BCUT2D eigenvalue weighted by Crippen LogP contribution is 2.21. The van der Waals surface area contributed by atoms with Crippen molar-refractivity contribution in [2.24, 2.45) is 5.92 Å². The van der Waals surface area contributed by atoms with Crippen LogP contribution in [-0.2, 0) is 4.74 Å². The number of aliphatic hydroxyl groups excluding tert-OH is 1. The van der Waals surface area contributed by atoms with Gasteiger partial charge in [-0.3, -0.25) is 4.90 Å². The van der Waals surface area contributed by atoms with Gasteiger partial charge in [-0.05, 0) is 12.0 Å². The molecule has 0 radical (unpaired) electrons. The van der Waals surface area contributed by atoms with Gasteiger partial charge in [0, 0.05) is 38.0 Å². The molecule has 108 valence electrons. The van der Waals surface area contributed by atoms with Crippen LogP contribution in [0.4, 0.5) is 5.69 Å². The van der Waals surface area contributed by atoms with E-state index in [4.69, 9.17) is 10.5 Å². The van der Waals surface area contributed by atoms with Crippen LogP contribution in [0, 0.1) is 5.92 Å². The number of nitrogens with two attached hydrogens (primary N) is 1. The highest BCUT2D eigenvalue weighted by atomic mass is 16.5. The molecule has 1 aromatic carbocycles. The van der Waals surface area contributed by atoms with Crippen molar-refractivity contribution in [3.63, 3.8) is 0 Å². The van der Waals surface area contributed by atoms with E-state index in [2.05, 4.69) is 18.7 Å². The molecule has 0 aliphatic carbocycles. The molecule has 0 heterocycles. The zero-order valence-corrected chi connectivity index (χ0v) is 12.2. The minimum Gasteiger partial charge on any atom is -0.398 e.